The van der Waals surface area contributed by atoms with Crippen molar-refractivity contribution >= 4 is 11.9 Å². The Kier molecular flexibility index (Phi) is 6.69. The molecule has 0 saturated carbocycles. The maximum absolute atomic E-state index is 12.8. The molecule has 1 aliphatic heterocycles. The van der Waals surface area contributed by atoms with Crippen LogP contribution in [0.15, 0.2) is 60.9 Å². The maximum atomic E-state index is 12.8. The lowest BCUT2D eigenvalue weighted by molar-refractivity contribution is -0.126. The van der Waals surface area contributed by atoms with Gasteiger partial charge in [0.15, 0.2) is 0 Å². The van der Waals surface area contributed by atoms with Crippen LogP contribution in [-0.4, -0.2) is 36.1 Å². The largest absolute Gasteiger partial charge is 0.497 e. The molecule has 0 spiro atoms. The number of hydrogen-bond acceptors (Lipinski definition) is 5. The number of rotatable bonds is 6. The van der Waals surface area contributed by atoms with Crippen molar-refractivity contribution < 1.29 is 9.53 Å². The number of methoxy groups -OCH3 is 1. The van der Waals surface area contributed by atoms with Crippen LogP contribution in [-0.2, 0) is 4.79 Å². The number of carbonyl (C=O) groups is 1. The van der Waals surface area contributed by atoms with E-state index < -0.39 is 0 Å². The number of hydrogen-bond donors (Lipinski definition) is 1. The van der Waals surface area contributed by atoms with Crippen molar-refractivity contribution in [2.75, 3.05) is 25.1 Å². The lowest BCUT2D eigenvalue weighted by atomic mass is 9.95. The molecular weight excluding hydrogens is 400 g/mol. The minimum absolute atomic E-state index is 0.00544. The van der Waals surface area contributed by atoms with E-state index >= 15 is 0 Å². The van der Waals surface area contributed by atoms with Crippen molar-refractivity contribution in [3.8, 4) is 16.9 Å². The van der Waals surface area contributed by atoms with E-state index in [0.717, 1.165) is 54.3 Å². The second kappa shape index (κ2) is 9.81. The zero-order valence-corrected chi connectivity index (χ0v) is 18.9. The van der Waals surface area contributed by atoms with E-state index in [1.54, 1.807) is 7.11 Å². The van der Waals surface area contributed by atoms with Gasteiger partial charge in [0.05, 0.1) is 13.2 Å². The molecule has 1 aromatic heterocycles. The molecule has 3 aromatic rings. The van der Waals surface area contributed by atoms with Crippen LogP contribution in [0.2, 0.25) is 0 Å². The van der Waals surface area contributed by atoms with Crippen LogP contribution >= 0.6 is 0 Å². The summed E-state index contributed by atoms with van der Waals surface area (Å²) in [6.07, 6.45) is 5.34. The minimum atomic E-state index is -0.0619. The molecule has 2 heterocycles. The molecule has 0 radical (unpaired) electrons. The molecule has 2 aromatic carbocycles. The third-order valence-electron chi connectivity index (χ3n) is 6.09. The Balaban J connectivity index is 1.32. The van der Waals surface area contributed by atoms with E-state index in [1.165, 1.54) is 5.56 Å². The number of nitrogens with one attached hydrogen (secondary N) is 1. The molecule has 0 bridgehead atoms. The third kappa shape index (κ3) is 5.07. The zero-order valence-electron chi connectivity index (χ0n) is 18.9. The number of aromatic nitrogens is 2. The molecule has 1 saturated heterocycles. The van der Waals surface area contributed by atoms with E-state index in [-0.39, 0.29) is 17.9 Å². The van der Waals surface area contributed by atoms with Crippen molar-refractivity contribution in [2.45, 2.75) is 32.7 Å². The van der Waals surface area contributed by atoms with E-state index in [0.29, 0.717) is 0 Å². The summed E-state index contributed by atoms with van der Waals surface area (Å²) in [4.78, 5) is 24.1. The Bertz CT molecular complexity index is 1060. The quantitative estimate of drug-likeness (QED) is 0.621. The predicted molar refractivity (Wildman–Crippen MR) is 127 cm³/mol. The molecule has 1 atom stereocenters. The predicted octanol–water partition coefficient (Wildman–Crippen LogP) is 4.55. The third-order valence-corrected chi connectivity index (χ3v) is 6.09. The molecule has 4 rings (SSSR count). The summed E-state index contributed by atoms with van der Waals surface area (Å²) in [6.45, 7) is 5.63. The van der Waals surface area contributed by atoms with Crippen LogP contribution in [0.5, 0.6) is 5.75 Å². The van der Waals surface area contributed by atoms with Crippen molar-refractivity contribution in [3.63, 3.8) is 0 Å². The number of carbonyl (C=O) groups excluding carboxylic acids is 1. The van der Waals surface area contributed by atoms with Crippen molar-refractivity contribution in [3.05, 3.63) is 72.1 Å². The number of benzene rings is 2. The number of ether oxygens (including phenoxy) is 1. The molecule has 0 aliphatic carbocycles. The summed E-state index contributed by atoms with van der Waals surface area (Å²) in [5.74, 6) is 1.64. The standard InChI is InChI=1S/C26H30N4O2/c1-18-6-4-8-22(14-18)23-16-27-26(28-17-23)30-12-10-20(11-13-30)25(31)29-19(2)21-7-5-9-24(15-21)32-3/h4-9,14-17,19-20H,10-13H2,1-3H3,(H,29,31). The van der Waals surface area contributed by atoms with Gasteiger partial charge in [-0.3, -0.25) is 4.79 Å². The smallest absolute Gasteiger partial charge is 0.225 e. The van der Waals surface area contributed by atoms with E-state index in [9.17, 15) is 4.79 Å². The van der Waals surface area contributed by atoms with E-state index in [4.69, 9.17) is 4.74 Å². The fourth-order valence-electron chi connectivity index (χ4n) is 4.13. The van der Waals surface area contributed by atoms with Gasteiger partial charge in [0.1, 0.15) is 5.75 Å². The monoisotopic (exact) mass is 430 g/mol. The molecule has 1 fully saturated rings. The fraction of sp³-hybridized carbons (Fsp3) is 0.346. The van der Waals surface area contributed by atoms with Gasteiger partial charge in [0, 0.05) is 37.0 Å². The SMILES string of the molecule is COc1cccc(C(C)NC(=O)C2CCN(c3ncc(-c4cccc(C)c4)cn3)CC2)c1. The van der Waals surface area contributed by atoms with Crippen molar-refractivity contribution in [2.24, 2.45) is 5.92 Å². The molecule has 6 nitrogen and oxygen atoms in total. The summed E-state index contributed by atoms with van der Waals surface area (Å²) in [5, 5.41) is 3.16. The van der Waals surface area contributed by atoms with Gasteiger partial charge in [0.2, 0.25) is 11.9 Å². The van der Waals surface area contributed by atoms with Gasteiger partial charge in [-0.05, 0) is 49.9 Å². The van der Waals surface area contributed by atoms with Gasteiger partial charge in [-0.1, -0.05) is 42.0 Å². The van der Waals surface area contributed by atoms with Crippen molar-refractivity contribution in [1.82, 2.24) is 15.3 Å². The number of piperidine rings is 1. The lowest BCUT2D eigenvalue weighted by Crippen LogP contribution is -2.41. The zero-order chi connectivity index (χ0) is 22.5. The molecular formula is C26H30N4O2. The first-order valence-corrected chi connectivity index (χ1v) is 11.1. The van der Waals surface area contributed by atoms with Gasteiger partial charge in [-0.25, -0.2) is 9.97 Å². The maximum Gasteiger partial charge on any atom is 0.225 e. The van der Waals surface area contributed by atoms with Gasteiger partial charge in [-0.15, -0.1) is 0 Å². The summed E-state index contributed by atoms with van der Waals surface area (Å²) >= 11 is 0. The average Bonchev–Trinajstić information content (AvgIpc) is 2.84. The van der Waals surface area contributed by atoms with Crippen LogP contribution in [0, 0.1) is 12.8 Å². The van der Waals surface area contributed by atoms with Gasteiger partial charge < -0.3 is 15.0 Å². The van der Waals surface area contributed by atoms with Crippen LogP contribution in [0.3, 0.4) is 0 Å². The number of anilines is 1. The van der Waals surface area contributed by atoms with E-state index in [1.807, 2.05) is 49.6 Å². The van der Waals surface area contributed by atoms with Crippen LogP contribution in [0.25, 0.3) is 11.1 Å². The fourth-order valence-corrected chi connectivity index (χ4v) is 4.13. The normalized spacial score (nSPS) is 15.3. The molecule has 166 valence electrons. The van der Waals surface area contributed by atoms with Crippen LogP contribution in [0.4, 0.5) is 5.95 Å². The number of nitrogens with zero attached hydrogens (tertiary/aromatic N) is 3. The Morgan fingerprint density at radius 2 is 1.78 bits per heavy atom. The van der Waals surface area contributed by atoms with Gasteiger partial charge in [-0.2, -0.15) is 0 Å². The number of aryl methyl sites for hydroxylation is 1. The minimum Gasteiger partial charge on any atom is -0.497 e. The second-order valence-electron chi connectivity index (χ2n) is 8.41. The van der Waals surface area contributed by atoms with Crippen molar-refractivity contribution in [1.29, 1.82) is 0 Å². The first-order chi connectivity index (χ1) is 15.5. The summed E-state index contributed by atoms with van der Waals surface area (Å²) in [5.41, 5.74) is 4.39. The molecule has 6 heteroatoms. The van der Waals surface area contributed by atoms with Gasteiger partial charge >= 0.3 is 0 Å². The Morgan fingerprint density at radius 1 is 1.06 bits per heavy atom. The molecule has 1 N–H and O–H groups in total. The van der Waals surface area contributed by atoms with Crippen LogP contribution in [0.1, 0.15) is 36.9 Å². The summed E-state index contributed by atoms with van der Waals surface area (Å²) < 4.78 is 5.29. The molecule has 1 unspecified atom stereocenters. The topological polar surface area (TPSA) is 67.3 Å². The van der Waals surface area contributed by atoms with Crippen LogP contribution < -0.4 is 15.0 Å². The molecule has 32 heavy (non-hydrogen) atoms. The average molecular weight is 431 g/mol. The molecule has 1 aliphatic rings. The Morgan fingerprint density at radius 3 is 2.47 bits per heavy atom. The van der Waals surface area contributed by atoms with E-state index in [2.05, 4.69) is 45.3 Å². The molecule has 1 amide bonds. The lowest BCUT2D eigenvalue weighted by Gasteiger charge is -2.32. The highest BCUT2D eigenvalue weighted by Gasteiger charge is 2.27. The summed E-state index contributed by atoms with van der Waals surface area (Å²) in [7, 11) is 1.65. The highest BCUT2D eigenvalue weighted by atomic mass is 16.5. The second-order valence-corrected chi connectivity index (χ2v) is 8.41. The highest BCUT2D eigenvalue weighted by Crippen LogP contribution is 2.25. The highest BCUT2D eigenvalue weighted by molar-refractivity contribution is 5.79. The summed E-state index contributed by atoms with van der Waals surface area (Å²) in [6, 6.07) is 16.1. The first-order valence-electron chi connectivity index (χ1n) is 11.1. The first kappa shape index (κ1) is 21.8. The van der Waals surface area contributed by atoms with Gasteiger partial charge in [0.25, 0.3) is 0 Å². The Labute approximate surface area is 189 Å². The number of amides is 1. The Hall–Kier alpha value is -3.41.